The molecule has 0 atom stereocenters. The molecule has 0 aliphatic rings. The van der Waals surface area contributed by atoms with Gasteiger partial charge in [0.15, 0.2) is 0 Å². The summed E-state index contributed by atoms with van der Waals surface area (Å²) in [6.07, 6.45) is 6.01. The molecule has 1 N–H and O–H groups in total. The largest absolute Gasteiger partial charge is 0.424 e. The van der Waals surface area contributed by atoms with Gasteiger partial charge in [-0.05, 0) is 6.92 Å². The highest BCUT2D eigenvalue weighted by Gasteiger charge is 2.05. The first kappa shape index (κ1) is 9.13. The number of hydrogen-bond donors (Lipinski definition) is 1. The first-order chi connectivity index (χ1) is 6.07. The van der Waals surface area contributed by atoms with Crippen molar-refractivity contribution in [3.63, 3.8) is 0 Å². The molecule has 13 heavy (non-hydrogen) atoms. The molecule has 1 heterocycles. The van der Waals surface area contributed by atoms with E-state index in [4.69, 9.17) is 11.6 Å². The van der Waals surface area contributed by atoms with E-state index in [2.05, 4.69) is 5.92 Å². The predicted octanol–water partition coefficient (Wildman–Crippen LogP) is -0.811. The van der Waals surface area contributed by atoms with Crippen LogP contribution in [0.5, 0.6) is 0 Å². The SMILES string of the molecule is C#CCn1c(=O)c(C)cn(O)c1=O. The van der Waals surface area contributed by atoms with Gasteiger partial charge < -0.3 is 5.21 Å². The average molecular weight is 180 g/mol. The maximum Gasteiger partial charge on any atom is 0.364 e. The van der Waals surface area contributed by atoms with E-state index in [0.717, 1.165) is 10.8 Å². The maximum absolute atomic E-state index is 11.3. The van der Waals surface area contributed by atoms with Crippen molar-refractivity contribution in [2.24, 2.45) is 0 Å². The van der Waals surface area contributed by atoms with Crippen molar-refractivity contribution in [3.05, 3.63) is 32.6 Å². The summed E-state index contributed by atoms with van der Waals surface area (Å²) >= 11 is 0. The van der Waals surface area contributed by atoms with Crippen LogP contribution in [0.1, 0.15) is 5.56 Å². The molecule has 0 radical (unpaired) electrons. The highest BCUT2D eigenvalue weighted by Crippen LogP contribution is 1.82. The molecular formula is C8H8N2O3. The Morgan fingerprint density at radius 2 is 2.23 bits per heavy atom. The molecule has 0 bridgehead atoms. The topological polar surface area (TPSA) is 64.2 Å². The molecule has 0 saturated heterocycles. The van der Waals surface area contributed by atoms with Crippen LogP contribution in [0.25, 0.3) is 0 Å². The summed E-state index contributed by atoms with van der Waals surface area (Å²) in [7, 11) is 0. The fraction of sp³-hybridized carbons (Fsp3) is 0.250. The zero-order valence-corrected chi connectivity index (χ0v) is 7.02. The molecule has 0 fully saturated rings. The Kier molecular flexibility index (Phi) is 2.24. The zero-order chi connectivity index (χ0) is 10.0. The predicted molar refractivity (Wildman–Crippen MR) is 45.7 cm³/mol. The van der Waals surface area contributed by atoms with Crippen LogP contribution in [-0.4, -0.2) is 14.5 Å². The summed E-state index contributed by atoms with van der Waals surface area (Å²) in [5.74, 6) is 2.16. The fourth-order valence-electron chi connectivity index (χ4n) is 0.948. The minimum Gasteiger partial charge on any atom is -0.424 e. The second-order valence-electron chi connectivity index (χ2n) is 2.53. The Bertz CT molecular complexity index is 441. The van der Waals surface area contributed by atoms with Crippen molar-refractivity contribution in [1.82, 2.24) is 9.30 Å². The Morgan fingerprint density at radius 1 is 1.62 bits per heavy atom. The van der Waals surface area contributed by atoms with E-state index in [-0.39, 0.29) is 12.1 Å². The molecule has 0 unspecified atom stereocenters. The smallest absolute Gasteiger partial charge is 0.364 e. The molecule has 0 aliphatic heterocycles. The van der Waals surface area contributed by atoms with Gasteiger partial charge in [-0.3, -0.25) is 4.79 Å². The molecule has 0 spiro atoms. The van der Waals surface area contributed by atoms with E-state index in [9.17, 15) is 9.59 Å². The molecule has 0 aliphatic carbocycles. The third-order valence-corrected chi connectivity index (χ3v) is 1.57. The molecular weight excluding hydrogens is 172 g/mol. The van der Waals surface area contributed by atoms with Gasteiger partial charge in [0.1, 0.15) is 0 Å². The monoisotopic (exact) mass is 180 g/mol. The summed E-state index contributed by atoms with van der Waals surface area (Å²) in [6, 6.07) is 0. The van der Waals surface area contributed by atoms with Crippen molar-refractivity contribution in [2.45, 2.75) is 13.5 Å². The Balaban J connectivity index is 3.59. The molecule has 5 heteroatoms. The second-order valence-corrected chi connectivity index (χ2v) is 2.53. The van der Waals surface area contributed by atoms with Gasteiger partial charge in [0.2, 0.25) is 0 Å². The number of nitrogens with zero attached hydrogens (tertiary/aromatic N) is 2. The van der Waals surface area contributed by atoms with Gasteiger partial charge in [-0.2, -0.15) is 0 Å². The summed E-state index contributed by atoms with van der Waals surface area (Å²) in [4.78, 5) is 22.4. The lowest BCUT2D eigenvalue weighted by Crippen LogP contribution is -2.39. The Labute approximate surface area is 73.8 Å². The first-order valence-electron chi connectivity index (χ1n) is 3.53. The molecule has 1 aromatic heterocycles. The normalized spacial score (nSPS) is 9.54. The molecule has 5 nitrogen and oxygen atoms in total. The molecule has 68 valence electrons. The zero-order valence-electron chi connectivity index (χ0n) is 7.02. The molecule has 0 amide bonds. The number of aromatic nitrogens is 2. The Morgan fingerprint density at radius 3 is 2.77 bits per heavy atom. The van der Waals surface area contributed by atoms with Crippen LogP contribution in [-0.2, 0) is 6.54 Å². The van der Waals surface area contributed by atoms with Crippen LogP contribution in [0.3, 0.4) is 0 Å². The van der Waals surface area contributed by atoms with Gasteiger partial charge >= 0.3 is 5.69 Å². The number of hydrogen-bond acceptors (Lipinski definition) is 3. The van der Waals surface area contributed by atoms with Crippen molar-refractivity contribution in [2.75, 3.05) is 0 Å². The Hall–Kier alpha value is -1.96. The minimum absolute atomic E-state index is 0.139. The number of rotatable bonds is 1. The van der Waals surface area contributed by atoms with Crippen LogP contribution >= 0.6 is 0 Å². The van der Waals surface area contributed by atoms with Crippen molar-refractivity contribution >= 4 is 0 Å². The standard InChI is InChI=1S/C8H8N2O3/c1-3-4-9-7(11)6(2)5-10(13)8(9)12/h1,5,13H,4H2,2H3. The van der Waals surface area contributed by atoms with E-state index in [1.165, 1.54) is 6.92 Å². The van der Waals surface area contributed by atoms with E-state index >= 15 is 0 Å². The minimum atomic E-state index is -0.825. The van der Waals surface area contributed by atoms with Crippen molar-refractivity contribution in [3.8, 4) is 12.3 Å². The number of aryl methyl sites for hydroxylation is 1. The van der Waals surface area contributed by atoms with E-state index < -0.39 is 11.2 Å². The van der Waals surface area contributed by atoms with Gasteiger partial charge in [-0.15, -0.1) is 11.2 Å². The molecule has 0 aromatic carbocycles. The average Bonchev–Trinajstić information content (AvgIpc) is 2.09. The fourth-order valence-corrected chi connectivity index (χ4v) is 0.948. The highest BCUT2D eigenvalue weighted by molar-refractivity contribution is 5.03. The van der Waals surface area contributed by atoms with E-state index in [1.54, 1.807) is 0 Å². The lowest BCUT2D eigenvalue weighted by Gasteiger charge is -2.03. The van der Waals surface area contributed by atoms with Gasteiger partial charge in [0.25, 0.3) is 5.56 Å². The van der Waals surface area contributed by atoms with Crippen LogP contribution < -0.4 is 11.2 Å². The van der Waals surface area contributed by atoms with Gasteiger partial charge in [-0.25, -0.2) is 9.36 Å². The maximum atomic E-state index is 11.3. The third kappa shape index (κ3) is 1.47. The summed E-state index contributed by atoms with van der Waals surface area (Å²) in [5, 5.41) is 9.01. The van der Waals surface area contributed by atoms with Crippen molar-refractivity contribution < 1.29 is 5.21 Å². The lowest BCUT2D eigenvalue weighted by molar-refractivity contribution is 0.163. The summed E-state index contributed by atoms with van der Waals surface area (Å²) < 4.78 is 1.13. The van der Waals surface area contributed by atoms with Crippen LogP contribution in [0.2, 0.25) is 0 Å². The first-order valence-corrected chi connectivity index (χ1v) is 3.53. The molecule has 1 rings (SSSR count). The van der Waals surface area contributed by atoms with Crippen LogP contribution in [0.15, 0.2) is 15.8 Å². The van der Waals surface area contributed by atoms with Crippen molar-refractivity contribution in [1.29, 1.82) is 0 Å². The third-order valence-electron chi connectivity index (χ3n) is 1.57. The van der Waals surface area contributed by atoms with Crippen LogP contribution in [0.4, 0.5) is 0 Å². The molecule has 1 aromatic rings. The van der Waals surface area contributed by atoms with Gasteiger partial charge in [-0.1, -0.05) is 5.92 Å². The van der Waals surface area contributed by atoms with E-state index in [0.29, 0.717) is 4.73 Å². The van der Waals surface area contributed by atoms with E-state index in [1.807, 2.05) is 0 Å². The number of terminal acetylenes is 1. The summed E-state index contributed by atoms with van der Waals surface area (Å²) in [6.45, 7) is 1.35. The highest BCUT2D eigenvalue weighted by atomic mass is 16.5. The lowest BCUT2D eigenvalue weighted by atomic mass is 10.4. The van der Waals surface area contributed by atoms with Gasteiger partial charge in [0, 0.05) is 5.56 Å². The second kappa shape index (κ2) is 3.19. The quantitative estimate of drug-likeness (QED) is 0.454. The van der Waals surface area contributed by atoms with Gasteiger partial charge in [0.05, 0.1) is 12.7 Å². The summed E-state index contributed by atoms with van der Waals surface area (Å²) in [5.41, 5.74) is -1.04. The molecule has 0 saturated carbocycles. The van der Waals surface area contributed by atoms with Crippen LogP contribution in [0, 0.1) is 19.3 Å².